The summed E-state index contributed by atoms with van der Waals surface area (Å²) in [4.78, 5) is 3.67. The Morgan fingerprint density at radius 1 is 1.24 bits per heavy atom. The van der Waals surface area contributed by atoms with Crippen LogP contribution in [0, 0.1) is 5.92 Å². The first kappa shape index (κ1) is 15.2. The van der Waals surface area contributed by atoms with E-state index >= 15 is 0 Å². The zero-order chi connectivity index (χ0) is 12.9. The molecule has 1 fully saturated rings. The highest BCUT2D eigenvalue weighted by molar-refractivity contribution is 6.66. The van der Waals surface area contributed by atoms with Crippen molar-refractivity contribution in [3.05, 3.63) is 0 Å². The van der Waals surface area contributed by atoms with Gasteiger partial charge in [-0.2, -0.15) is 0 Å². The van der Waals surface area contributed by atoms with Gasteiger partial charge < -0.3 is 8.85 Å². The minimum atomic E-state index is -2.24. The molecule has 0 aromatic rings. The molecule has 102 valence electrons. The van der Waals surface area contributed by atoms with Gasteiger partial charge in [-0.1, -0.05) is 40.0 Å². The fourth-order valence-electron chi connectivity index (χ4n) is 2.94. The Hall–Kier alpha value is 0.0969. The first-order valence-electron chi connectivity index (χ1n) is 6.97. The van der Waals surface area contributed by atoms with E-state index in [-0.39, 0.29) is 0 Å². The van der Waals surface area contributed by atoms with Gasteiger partial charge in [0.05, 0.1) is 0 Å². The zero-order valence-electron chi connectivity index (χ0n) is 12.1. The quantitative estimate of drug-likeness (QED) is 0.743. The SMILES string of the molecule is CCC(C)N[Si](OC)(OC)C1CCCCC1C. The summed E-state index contributed by atoms with van der Waals surface area (Å²) in [6.07, 6.45) is 6.35. The standard InChI is InChI=1S/C13H29NO2Si/c1-6-12(3)14-17(15-4,16-5)13-10-8-7-9-11(13)2/h11-14H,6-10H2,1-5H3. The molecule has 0 bridgehead atoms. The van der Waals surface area contributed by atoms with Crippen molar-refractivity contribution in [2.75, 3.05) is 14.2 Å². The summed E-state index contributed by atoms with van der Waals surface area (Å²) >= 11 is 0. The highest BCUT2D eigenvalue weighted by Crippen LogP contribution is 2.40. The second-order valence-electron chi connectivity index (χ2n) is 5.40. The van der Waals surface area contributed by atoms with E-state index in [0.29, 0.717) is 17.5 Å². The van der Waals surface area contributed by atoms with E-state index in [1.165, 1.54) is 25.7 Å². The van der Waals surface area contributed by atoms with Crippen molar-refractivity contribution < 1.29 is 8.85 Å². The predicted molar refractivity (Wildman–Crippen MR) is 74.0 cm³/mol. The lowest BCUT2D eigenvalue weighted by Gasteiger charge is -2.42. The maximum absolute atomic E-state index is 5.88. The minimum Gasteiger partial charge on any atom is -0.386 e. The summed E-state index contributed by atoms with van der Waals surface area (Å²) in [5.41, 5.74) is 0.584. The molecule has 0 aromatic heterocycles. The summed E-state index contributed by atoms with van der Waals surface area (Å²) in [7, 11) is 1.38. The number of hydrogen-bond donors (Lipinski definition) is 1. The third-order valence-corrected chi connectivity index (χ3v) is 8.21. The Labute approximate surface area is 108 Å². The van der Waals surface area contributed by atoms with Crippen LogP contribution in [0.1, 0.15) is 52.9 Å². The van der Waals surface area contributed by atoms with Gasteiger partial charge in [0.2, 0.25) is 0 Å². The van der Waals surface area contributed by atoms with Crippen molar-refractivity contribution >= 4 is 8.72 Å². The summed E-state index contributed by atoms with van der Waals surface area (Å²) in [6, 6.07) is 0.468. The average Bonchev–Trinajstić information content (AvgIpc) is 2.36. The smallest absolute Gasteiger partial charge is 0.386 e. The van der Waals surface area contributed by atoms with Gasteiger partial charge in [0.15, 0.2) is 0 Å². The van der Waals surface area contributed by atoms with E-state index < -0.39 is 8.72 Å². The molecule has 0 radical (unpaired) electrons. The Balaban J connectivity index is 2.80. The fourth-order valence-corrected chi connectivity index (χ4v) is 6.55. The molecule has 17 heavy (non-hydrogen) atoms. The molecule has 0 aromatic carbocycles. The molecule has 3 atom stereocenters. The third-order valence-electron chi connectivity index (χ3n) is 4.27. The summed E-state index contributed by atoms with van der Waals surface area (Å²) in [6.45, 7) is 6.77. The molecule has 0 amide bonds. The van der Waals surface area contributed by atoms with Crippen LogP contribution < -0.4 is 4.98 Å². The minimum absolute atomic E-state index is 0.468. The van der Waals surface area contributed by atoms with Crippen LogP contribution in [0.3, 0.4) is 0 Å². The first-order chi connectivity index (χ1) is 8.09. The van der Waals surface area contributed by atoms with Gasteiger partial charge in [-0.15, -0.1) is 0 Å². The topological polar surface area (TPSA) is 30.5 Å². The highest BCUT2D eigenvalue weighted by Gasteiger charge is 2.49. The molecule has 1 N–H and O–H groups in total. The van der Waals surface area contributed by atoms with E-state index in [2.05, 4.69) is 25.8 Å². The molecule has 0 saturated heterocycles. The van der Waals surface area contributed by atoms with E-state index in [1.54, 1.807) is 0 Å². The van der Waals surface area contributed by atoms with E-state index in [9.17, 15) is 0 Å². The van der Waals surface area contributed by atoms with Crippen LogP contribution in [0.15, 0.2) is 0 Å². The molecular weight excluding hydrogens is 230 g/mol. The molecule has 0 heterocycles. The second kappa shape index (κ2) is 6.88. The van der Waals surface area contributed by atoms with Crippen LogP contribution in [-0.2, 0) is 8.85 Å². The summed E-state index contributed by atoms with van der Waals surface area (Å²) in [5, 5.41) is 0. The Kier molecular flexibility index (Phi) is 6.13. The second-order valence-corrected chi connectivity index (χ2v) is 8.58. The zero-order valence-corrected chi connectivity index (χ0v) is 13.1. The summed E-state index contributed by atoms with van der Waals surface area (Å²) < 4.78 is 11.8. The maximum Gasteiger partial charge on any atom is 0.428 e. The molecule has 1 aliphatic rings. The van der Waals surface area contributed by atoms with Gasteiger partial charge in [-0.3, -0.25) is 4.98 Å². The molecule has 1 aliphatic carbocycles. The molecule has 3 unspecified atom stereocenters. The van der Waals surface area contributed by atoms with Gasteiger partial charge in [0, 0.05) is 25.8 Å². The van der Waals surface area contributed by atoms with Crippen LogP contribution >= 0.6 is 0 Å². The van der Waals surface area contributed by atoms with Gasteiger partial charge in [-0.05, 0) is 18.8 Å². The van der Waals surface area contributed by atoms with Gasteiger partial charge in [0.1, 0.15) is 0 Å². The lowest BCUT2D eigenvalue weighted by Crippen LogP contribution is -2.62. The largest absolute Gasteiger partial charge is 0.428 e. The molecule has 1 saturated carbocycles. The number of rotatable bonds is 6. The molecule has 0 aliphatic heterocycles. The first-order valence-corrected chi connectivity index (χ1v) is 8.87. The van der Waals surface area contributed by atoms with Crippen LogP contribution in [-0.4, -0.2) is 29.0 Å². The van der Waals surface area contributed by atoms with E-state index in [1.807, 2.05) is 14.2 Å². The fraction of sp³-hybridized carbons (Fsp3) is 1.00. The molecule has 1 rings (SSSR count). The normalized spacial score (nSPS) is 28.1. The van der Waals surface area contributed by atoms with Crippen LogP contribution in [0.4, 0.5) is 0 Å². The molecule has 3 nitrogen and oxygen atoms in total. The van der Waals surface area contributed by atoms with Gasteiger partial charge in [-0.25, -0.2) is 0 Å². The van der Waals surface area contributed by atoms with Crippen molar-refractivity contribution in [2.24, 2.45) is 5.92 Å². The monoisotopic (exact) mass is 259 g/mol. The van der Waals surface area contributed by atoms with Crippen LogP contribution in [0.2, 0.25) is 5.54 Å². The third kappa shape index (κ3) is 3.53. The molecular formula is C13H29NO2Si. The van der Waals surface area contributed by atoms with Crippen molar-refractivity contribution in [3.8, 4) is 0 Å². The van der Waals surface area contributed by atoms with E-state index in [4.69, 9.17) is 8.85 Å². The number of nitrogens with one attached hydrogen (secondary N) is 1. The van der Waals surface area contributed by atoms with Crippen molar-refractivity contribution in [1.29, 1.82) is 0 Å². The molecule has 0 spiro atoms. The van der Waals surface area contributed by atoms with Crippen molar-refractivity contribution in [3.63, 3.8) is 0 Å². The average molecular weight is 259 g/mol. The number of hydrogen-bond acceptors (Lipinski definition) is 3. The van der Waals surface area contributed by atoms with Gasteiger partial charge >= 0.3 is 8.72 Å². The maximum atomic E-state index is 5.88. The van der Waals surface area contributed by atoms with Crippen LogP contribution in [0.5, 0.6) is 0 Å². The predicted octanol–water partition coefficient (Wildman–Crippen LogP) is 3.19. The lowest BCUT2D eigenvalue weighted by atomic mass is 9.90. The van der Waals surface area contributed by atoms with Crippen molar-refractivity contribution in [2.45, 2.75) is 64.5 Å². The van der Waals surface area contributed by atoms with Gasteiger partial charge in [0.25, 0.3) is 0 Å². The van der Waals surface area contributed by atoms with E-state index in [0.717, 1.165) is 6.42 Å². The lowest BCUT2D eigenvalue weighted by molar-refractivity contribution is 0.181. The highest BCUT2D eigenvalue weighted by atomic mass is 28.4. The van der Waals surface area contributed by atoms with Crippen molar-refractivity contribution in [1.82, 2.24) is 4.98 Å². The van der Waals surface area contributed by atoms with Crippen LogP contribution in [0.25, 0.3) is 0 Å². The summed E-state index contributed by atoms with van der Waals surface area (Å²) in [5.74, 6) is 0.715. The molecule has 4 heteroatoms. The Bertz CT molecular complexity index is 221. The Morgan fingerprint density at radius 2 is 1.82 bits per heavy atom. The Morgan fingerprint density at radius 3 is 2.29 bits per heavy atom.